The van der Waals surface area contributed by atoms with Gasteiger partial charge in [-0.05, 0) is 38.7 Å². The second-order valence-corrected chi connectivity index (χ2v) is 5.00. The van der Waals surface area contributed by atoms with Crippen LogP contribution in [0.1, 0.15) is 12.5 Å². The van der Waals surface area contributed by atoms with Crippen molar-refractivity contribution in [3.8, 4) is 6.07 Å². The summed E-state index contributed by atoms with van der Waals surface area (Å²) < 4.78 is 1.05. The molecule has 1 unspecified atom stereocenters. The van der Waals surface area contributed by atoms with Crippen molar-refractivity contribution in [1.29, 1.82) is 5.26 Å². The summed E-state index contributed by atoms with van der Waals surface area (Å²) in [7, 11) is 3.86. The van der Waals surface area contributed by atoms with Gasteiger partial charge >= 0.3 is 0 Å². The van der Waals surface area contributed by atoms with Crippen LogP contribution >= 0.6 is 15.9 Å². The molecule has 0 aliphatic carbocycles. The molecule has 0 saturated heterocycles. The van der Waals surface area contributed by atoms with Crippen molar-refractivity contribution in [2.45, 2.75) is 18.9 Å². The lowest BCUT2D eigenvalue weighted by Gasteiger charge is -2.29. The van der Waals surface area contributed by atoms with Crippen LogP contribution in [0.3, 0.4) is 0 Å². The number of hydrogen-bond donors (Lipinski definition) is 0. The van der Waals surface area contributed by atoms with E-state index < -0.39 is 5.54 Å². The molecule has 0 fully saturated rings. The van der Waals surface area contributed by atoms with Crippen LogP contribution in [0.5, 0.6) is 0 Å². The van der Waals surface area contributed by atoms with Gasteiger partial charge in [-0.2, -0.15) is 5.26 Å². The van der Waals surface area contributed by atoms with Gasteiger partial charge in [0.25, 0.3) is 0 Å². The maximum atomic E-state index is 9.18. The van der Waals surface area contributed by atoms with Gasteiger partial charge in [-0.15, -0.1) is 0 Å². The summed E-state index contributed by atoms with van der Waals surface area (Å²) in [5.74, 6) is 0. The van der Waals surface area contributed by atoms with Crippen LogP contribution in [-0.4, -0.2) is 24.5 Å². The third-order valence-corrected chi connectivity index (χ3v) is 3.16. The lowest BCUT2D eigenvalue weighted by Crippen LogP contribution is -2.41. The first-order valence-corrected chi connectivity index (χ1v) is 5.60. The Morgan fingerprint density at radius 3 is 2.60 bits per heavy atom. The Balaban J connectivity index is 2.90. The molecule has 0 bridgehead atoms. The Hall–Kier alpha value is -0.850. The van der Waals surface area contributed by atoms with Crippen LogP contribution < -0.4 is 0 Å². The maximum absolute atomic E-state index is 9.18. The smallest absolute Gasteiger partial charge is 0.109 e. The highest BCUT2D eigenvalue weighted by Crippen LogP contribution is 2.20. The Labute approximate surface area is 99.6 Å². The van der Waals surface area contributed by atoms with Crippen LogP contribution in [-0.2, 0) is 6.42 Å². The van der Waals surface area contributed by atoms with Crippen LogP contribution in [0.2, 0.25) is 0 Å². The molecule has 15 heavy (non-hydrogen) atoms. The fraction of sp³-hybridized carbons (Fsp3) is 0.417. The van der Waals surface area contributed by atoms with E-state index in [0.717, 1.165) is 10.9 Å². The highest BCUT2D eigenvalue weighted by molar-refractivity contribution is 9.10. The highest BCUT2D eigenvalue weighted by Gasteiger charge is 2.26. The Bertz CT molecular complexity index is 381. The minimum Gasteiger partial charge on any atom is -0.292 e. The van der Waals surface area contributed by atoms with Crippen molar-refractivity contribution in [2.24, 2.45) is 0 Å². The second kappa shape index (κ2) is 4.78. The summed E-state index contributed by atoms with van der Waals surface area (Å²) in [6, 6.07) is 10.4. The van der Waals surface area contributed by atoms with E-state index in [1.54, 1.807) is 0 Å². The van der Waals surface area contributed by atoms with Crippen LogP contribution in [0.4, 0.5) is 0 Å². The topological polar surface area (TPSA) is 27.0 Å². The Kier molecular flexibility index (Phi) is 3.90. The largest absolute Gasteiger partial charge is 0.292 e. The molecule has 0 radical (unpaired) electrons. The predicted octanol–water partition coefficient (Wildman–Crippen LogP) is 2.84. The lowest BCUT2D eigenvalue weighted by atomic mass is 9.93. The number of rotatable bonds is 3. The van der Waals surface area contributed by atoms with E-state index in [-0.39, 0.29) is 0 Å². The molecule has 3 heteroatoms. The molecule has 0 heterocycles. The summed E-state index contributed by atoms with van der Waals surface area (Å²) in [5, 5.41) is 9.18. The molecular weight excluding hydrogens is 252 g/mol. The minimum absolute atomic E-state index is 0.444. The molecule has 2 nitrogen and oxygen atoms in total. The van der Waals surface area contributed by atoms with Gasteiger partial charge in [0.05, 0.1) is 6.07 Å². The summed E-state index contributed by atoms with van der Waals surface area (Å²) in [5.41, 5.74) is 0.725. The monoisotopic (exact) mass is 266 g/mol. The van der Waals surface area contributed by atoms with Gasteiger partial charge in [0, 0.05) is 10.9 Å². The third kappa shape index (κ3) is 3.05. The highest BCUT2D eigenvalue weighted by atomic mass is 79.9. The maximum Gasteiger partial charge on any atom is 0.109 e. The molecule has 0 saturated carbocycles. The van der Waals surface area contributed by atoms with Crippen molar-refractivity contribution >= 4 is 15.9 Å². The van der Waals surface area contributed by atoms with Crippen LogP contribution in [0.15, 0.2) is 28.7 Å². The van der Waals surface area contributed by atoms with Crippen molar-refractivity contribution in [3.63, 3.8) is 0 Å². The van der Waals surface area contributed by atoms with Crippen molar-refractivity contribution in [3.05, 3.63) is 34.3 Å². The van der Waals surface area contributed by atoms with E-state index in [1.807, 2.05) is 44.1 Å². The number of benzene rings is 1. The molecule has 0 aliphatic heterocycles. The number of nitrogens with zero attached hydrogens (tertiary/aromatic N) is 2. The third-order valence-electron chi connectivity index (χ3n) is 2.67. The lowest BCUT2D eigenvalue weighted by molar-refractivity contribution is 0.237. The van der Waals surface area contributed by atoms with Gasteiger partial charge in [-0.1, -0.05) is 28.1 Å². The molecule has 80 valence electrons. The zero-order valence-corrected chi connectivity index (χ0v) is 10.9. The molecule has 0 amide bonds. The molecule has 0 aliphatic rings. The molecule has 1 aromatic carbocycles. The quantitative estimate of drug-likeness (QED) is 0.842. The van der Waals surface area contributed by atoms with E-state index >= 15 is 0 Å². The van der Waals surface area contributed by atoms with Crippen molar-refractivity contribution in [1.82, 2.24) is 4.90 Å². The zero-order valence-electron chi connectivity index (χ0n) is 9.29. The van der Waals surface area contributed by atoms with Gasteiger partial charge in [0.1, 0.15) is 5.54 Å². The van der Waals surface area contributed by atoms with E-state index in [9.17, 15) is 5.26 Å². The van der Waals surface area contributed by atoms with E-state index in [0.29, 0.717) is 0 Å². The molecule has 1 atom stereocenters. The second-order valence-electron chi connectivity index (χ2n) is 4.09. The molecule has 0 N–H and O–H groups in total. The Morgan fingerprint density at radius 2 is 2.13 bits per heavy atom. The van der Waals surface area contributed by atoms with Gasteiger partial charge < -0.3 is 0 Å². The number of nitriles is 1. The van der Waals surface area contributed by atoms with Gasteiger partial charge in [0.2, 0.25) is 0 Å². The summed E-state index contributed by atoms with van der Waals surface area (Å²) in [6.07, 6.45) is 0.732. The fourth-order valence-corrected chi connectivity index (χ4v) is 1.79. The van der Waals surface area contributed by atoms with Crippen LogP contribution in [0, 0.1) is 11.3 Å². The molecule has 0 aromatic heterocycles. The zero-order chi connectivity index (χ0) is 11.5. The molecular formula is C12H15BrN2. The first kappa shape index (κ1) is 12.2. The standard InChI is InChI=1S/C12H15BrN2/c1-12(9-14,15(2)3)8-10-5-4-6-11(13)7-10/h4-7H,8H2,1-3H3. The summed E-state index contributed by atoms with van der Waals surface area (Å²) >= 11 is 3.43. The van der Waals surface area contributed by atoms with Gasteiger partial charge in [-0.25, -0.2) is 0 Å². The van der Waals surface area contributed by atoms with Crippen molar-refractivity contribution < 1.29 is 0 Å². The normalized spacial score (nSPS) is 14.7. The first-order chi connectivity index (χ1) is 6.98. The number of halogens is 1. The first-order valence-electron chi connectivity index (χ1n) is 4.81. The van der Waals surface area contributed by atoms with Gasteiger partial charge in [0.15, 0.2) is 0 Å². The summed E-state index contributed by atoms with van der Waals surface area (Å²) in [4.78, 5) is 1.95. The van der Waals surface area contributed by atoms with Gasteiger partial charge in [-0.3, -0.25) is 4.90 Å². The number of likely N-dealkylation sites (N-methyl/N-ethyl adjacent to an activating group) is 1. The van der Waals surface area contributed by atoms with Crippen molar-refractivity contribution in [2.75, 3.05) is 14.1 Å². The molecule has 1 rings (SSSR count). The summed E-state index contributed by atoms with van der Waals surface area (Å²) in [6.45, 7) is 1.95. The average molecular weight is 267 g/mol. The molecule has 1 aromatic rings. The molecule has 0 spiro atoms. The van der Waals surface area contributed by atoms with E-state index in [2.05, 4.69) is 28.1 Å². The minimum atomic E-state index is -0.444. The predicted molar refractivity (Wildman–Crippen MR) is 65.6 cm³/mol. The number of hydrogen-bond acceptors (Lipinski definition) is 2. The van der Waals surface area contributed by atoms with E-state index in [4.69, 9.17) is 0 Å². The van der Waals surface area contributed by atoms with E-state index in [1.165, 1.54) is 5.56 Å². The fourth-order valence-electron chi connectivity index (χ4n) is 1.34. The average Bonchev–Trinajstić information content (AvgIpc) is 2.17. The SMILES string of the molecule is CN(C)C(C)(C#N)Cc1cccc(Br)c1. The Morgan fingerprint density at radius 1 is 1.47 bits per heavy atom. The van der Waals surface area contributed by atoms with Crippen LogP contribution in [0.25, 0.3) is 0 Å².